The molecule has 0 aliphatic carbocycles. The average Bonchev–Trinajstić information content (AvgIpc) is 0. The first-order valence-corrected chi connectivity index (χ1v) is 0. The number of hydrogen-bond donors (Lipinski definition) is 0. The van der Waals surface area contributed by atoms with Crippen molar-refractivity contribution in [2.24, 2.45) is 0 Å². The Morgan fingerprint density at radius 1 is 0.308 bits per heavy atom. The first-order valence-electron chi connectivity index (χ1n) is 0. The van der Waals surface area contributed by atoms with Crippen molar-refractivity contribution in [3.8, 4) is 0 Å². The molecule has 0 N–H and O–H groups in total. The molecule has 66 valence electrons. The van der Waals surface area contributed by atoms with E-state index in [4.69, 9.17) is 0 Å². The van der Waals surface area contributed by atoms with E-state index in [9.17, 15) is 0 Å². The van der Waals surface area contributed by atoms with Gasteiger partial charge in [-0.25, -0.2) is 0 Å². The van der Waals surface area contributed by atoms with Gasteiger partial charge in [0.25, 0.3) is 0 Å². The van der Waals surface area contributed by atoms with Crippen molar-refractivity contribution < 1.29 is 71.9 Å². The summed E-state index contributed by atoms with van der Waals surface area (Å²) < 4.78 is 0. The fraction of sp³-hybridized carbons (Fsp3) is 0. The SMILES string of the molecule is [Al+3].[Al+3].[Fe+3].[Fe+3].[Li+].[Li+].[S-2].[S-2].[S-2].[S-2].[S-2].[S-2].[S-2]. The van der Waals surface area contributed by atoms with Crippen molar-refractivity contribution in [3.05, 3.63) is 0 Å². The molecule has 0 heterocycles. The predicted molar refractivity (Wildman–Crippen MR) is 63.1 cm³/mol. The summed E-state index contributed by atoms with van der Waals surface area (Å²) >= 11 is 0. The van der Waals surface area contributed by atoms with Crippen molar-refractivity contribution in [2.75, 3.05) is 0 Å². The molecular formula is Al2Fe2Li2S7. The third-order valence-electron chi connectivity index (χ3n) is 0. The van der Waals surface area contributed by atoms with Gasteiger partial charge in [0.2, 0.25) is 0 Å². The molecule has 0 aromatic carbocycles. The van der Waals surface area contributed by atoms with E-state index in [1.54, 1.807) is 0 Å². The van der Waals surface area contributed by atoms with Gasteiger partial charge >= 0.3 is 107 Å². The largest absolute Gasteiger partial charge is 3.00 e. The molecular weight excluding hydrogens is 404 g/mol. The third-order valence-corrected chi connectivity index (χ3v) is 0. The van der Waals surface area contributed by atoms with Crippen LogP contribution >= 0.6 is 0 Å². The van der Waals surface area contributed by atoms with Crippen LogP contribution in [-0.2, 0) is 129 Å². The minimum absolute atomic E-state index is 0. The van der Waals surface area contributed by atoms with Crippen LogP contribution in [0.1, 0.15) is 0 Å². The van der Waals surface area contributed by atoms with Crippen LogP contribution in [0.4, 0.5) is 0 Å². The summed E-state index contributed by atoms with van der Waals surface area (Å²) in [6, 6.07) is 0. The Bertz CT molecular complexity index is 22.5. The Labute approximate surface area is 197 Å². The Morgan fingerprint density at radius 2 is 0.308 bits per heavy atom. The summed E-state index contributed by atoms with van der Waals surface area (Å²) in [5, 5.41) is 0. The molecule has 2 radical (unpaired) electrons. The van der Waals surface area contributed by atoms with Crippen LogP contribution in [-0.4, -0.2) is 34.7 Å². The summed E-state index contributed by atoms with van der Waals surface area (Å²) in [6.07, 6.45) is 0. The van der Waals surface area contributed by atoms with Crippen molar-refractivity contribution in [1.82, 2.24) is 0 Å². The van der Waals surface area contributed by atoms with Crippen LogP contribution in [0.3, 0.4) is 0 Å². The van der Waals surface area contributed by atoms with Crippen LogP contribution in [0.2, 0.25) is 0 Å². The summed E-state index contributed by atoms with van der Waals surface area (Å²) in [7, 11) is 0. The molecule has 13 heteroatoms. The Balaban J connectivity index is 0. The van der Waals surface area contributed by atoms with Crippen molar-refractivity contribution in [1.29, 1.82) is 0 Å². The second-order valence-electron chi connectivity index (χ2n) is 0. The van der Waals surface area contributed by atoms with E-state index in [0.29, 0.717) is 0 Å². The zero-order chi connectivity index (χ0) is 0. The van der Waals surface area contributed by atoms with E-state index >= 15 is 0 Å². The molecule has 0 nitrogen and oxygen atoms in total. The standard InChI is InChI=1S/2Al.2Fe.2Li.7S/q4*+3;2*+1;7*-2. The van der Waals surface area contributed by atoms with E-state index in [0.717, 1.165) is 0 Å². The molecule has 0 unspecified atom stereocenters. The molecule has 0 rings (SSSR count). The van der Waals surface area contributed by atoms with Crippen molar-refractivity contribution in [2.45, 2.75) is 0 Å². The molecule has 0 bridgehead atoms. The summed E-state index contributed by atoms with van der Waals surface area (Å²) in [5.74, 6) is 0. The van der Waals surface area contributed by atoms with Crippen molar-refractivity contribution in [3.63, 3.8) is 0 Å². The zero-order valence-corrected chi connectivity index (χ0v) is 17.0. The van der Waals surface area contributed by atoms with Gasteiger partial charge in [-0.15, -0.1) is 0 Å². The molecule has 0 amide bonds. The van der Waals surface area contributed by atoms with Gasteiger partial charge < -0.3 is 94.5 Å². The summed E-state index contributed by atoms with van der Waals surface area (Å²) in [5.41, 5.74) is 0. The van der Waals surface area contributed by atoms with Gasteiger partial charge in [0.1, 0.15) is 0 Å². The van der Waals surface area contributed by atoms with Gasteiger partial charge in [-0.2, -0.15) is 0 Å². The third kappa shape index (κ3) is 133. The predicted octanol–water partition coefficient (Wildman–Crippen LogP) is -6.78. The molecule has 13 heavy (non-hydrogen) atoms. The van der Waals surface area contributed by atoms with Crippen LogP contribution in [0.5, 0.6) is 0 Å². The van der Waals surface area contributed by atoms with E-state index in [-0.39, 0.29) is 201 Å². The molecule has 0 atom stereocenters. The maximum Gasteiger partial charge on any atom is 3.00 e. The Morgan fingerprint density at radius 3 is 0.308 bits per heavy atom. The minimum atomic E-state index is 0. The monoisotopic (exact) mass is 404 g/mol. The second-order valence-corrected chi connectivity index (χ2v) is 0. The molecule has 0 aliphatic rings. The topological polar surface area (TPSA) is 0 Å². The molecule has 0 spiro atoms. The van der Waals surface area contributed by atoms with Crippen LogP contribution in [0, 0.1) is 0 Å². The van der Waals surface area contributed by atoms with Crippen LogP contribution < -0.4 is 37.7 Å². The fourth-order valence-corrected chi connectivity index (χ4v) is 0. The molecule has 0 saturated carbocycles. The molecule has 0 aliphatic heterocycles. The molecule has 0 aromatic heterocycles. The first kappa shape index (κ1) is 179. The second kappa shape index (κ2) is 151. The zero-order valence-electron chi connectivity index (χ0n) is 6.72. The van der Waals surface area contributed by atoms with E-state index < -0.39 is 0 Å². The maximum atomic E-state index is 0. The van der Waals surface area contributed by atoms with Gasteiger partial charge in [-0.05, 0) is 0 Å². The maximum absolute atomic E-state index is 0. The van der Waals surface area contributed by atoms with Gasteiger partial charge in [-0.3, -0.25) is 0 Å². The van der Waals surface area contributed by atoms with Gasteiger partial charge in [0.15, 0.2) is 0 Å². The van der Waals surface area contributed by atoms with Crippen LogP contribution in [0.25, 0.3) is 0 Å². The average molecular weight is 404 g/mol. The molecule has 0 aromatic rings. The number of rotatable bonds is 0. The minimum Gasteiger partial charge on any atom is -2.00 e. The van der Waals surface area contributed by atoms with Gasteiger partial charge in [0, 0.05) is 0 Å². The van der Waals surface area contributed by atoms with Gasteiger partial charge in [0.05, 0.1) is 0 Å². The number of hydrogen-bond acceptors (Lipinski definition) is 0. The normalized spacial score (nSPS) is 0. The Kier molecular flexibility index (Phi) is 2070. The fourth-order valence-electron chi connectivity index (χ4n) is 0. The van der Waals surface area contributed by atoms with Crippen molar-refractivity contribution >= 4 is 129 Å². The summed E-state index contributed by atoms with van der Waals surface area (Å²) in [6.45, 7) is 0. The molecule has 0 fully saturated rings. The smallest absolute Gasteiger partial charge is 2.00 e. The molecule has 0 saturated heterocycles. The Hall–Kier alpha value is 5.75. The first-order chi connectivity index (χ1) is 0. The van der Waals surface area contributed by atoms with E-state index in [2.05, 4.69) is 0 Å². The van der Waals surface area contributed by atoms with Gasteiger partial charge in [-0.1, -0.05) is 0 Å². The van der Waals surface area contributed by atoms with Crippen LogP contribution in [0.15, 0.2) is 0 Å². The van der Waals surface area contributed by atoms with E-state index in [1.807, 2.05) is 0 Å². The summed E-state index contributed by atoms with van der Waals surface area (Å²) in [4.78, 5) is 0. The van der Waals surface area contributed by atoms with E-state index in [1.165, 1.54) is 0 Å². The quantitative estimate of drug-likeness (QED) is 0.353.